The molecule has 4 rings (SSSR count). The number of furan rings is 1. The van der Waals surface area contributed by atoms with E-state index in [-0.39, 0.29) is 29.2 Å². The predicted octanol–water partition coefficient (Wildman–Crippen LogP) is 2.17. The summed E-state index contributed by atoms with van der Waals surface area (Å²) < 4.78 is 43.7. The van der Waals surface area contributed by atoms with Crippen LogP contribution < -0.4 is 16.0 Å². The van der Waals surface area contributed by atoms with Crippen molar-refractivity contribution in [2.24, 2.45) is 5.92 Å². The fraction of sp³-hybridized carbons (Fsp3) is 0.353. The van der Waals surface area contributed by atoms with Crippen molar-refractivity contribution in [3.63, 3.8) is 0 Å². The van der Waals surface area contributed by atoms with E-state index in [4.69, 9.17) is 4.42 Å². The van der Waals surface area contributed by atoms with E-state index in [1.807, 2.05) is 0 Å². The number of fused-ring (bicyclic) bond motifs is 1. The lowest BCUT2D eigenvalue weighted by atomic mass is 9.93. The van der Waals surface area contributed by atoms with Gasteiger partial charge in [0.05, 0.1) is 12.1 Å². The molecule has 2 aliphatic rings. The van der Waals surface area contributed by atoms with Crippen LogP contribution >= 0.6 is 0 Å². The van der Waals surface area contributed by atoms with Gasteiger partial charge in [0, 0.05) is 5.39 Å². The molecule has 1 aromatic heterocycles. The number of carbonyl (C=O) groups is 3. The summed E-state index contributed by atoms with van der Waals surface area (Å²) in [4.78, 5) is 36.0. The Morgan fingerprint density at radius 2 is 2.00 bits per heavy atom. The monoisotopic (exact) mass is 381 g/mol. The quantitative estimate of drug-likeness (QED) is 0.707. The molecule has 2 aromatic rings. The molecule has 10 heteroatoms. The lowest BCUT2D eigenvalue weighted by Crippen LogP contribution is -2.57. The van der Waals surface area contributed by atoms with Crippen LogP contribution in [0.25, 0.3) is 11.0 Å². The molecule has 27 heavy (non-hydrogen) atoms. The molecule has 1 aliphatic heterocycles. The van der Waals surface area contributed by atoms with Crippen LogP contribution in [0.3, 0.4) is 0 Å². The van der Waals surface area contributed by atoms with Crippen LogP contribution in [0.5, 0.6) is 0 Å². The first-order chi connectivity index (χ1) is 12.7. The molecule has 7 nitrogen and oxygen atoms in total. The zero-order valence-corrected chi connectivity index (χ0v) is 13.8. The van der Waals surface area contributed by atoms with E-state index < -0.39 is 35.1 Å². The van der Waals surface area contributed by atoms with E-state index >= 15 is 0 Å². The van der Waals surface area contributed by atoms with Gasteiger partial charge in [-0.05, 0) is 43.0 Å². The average molecular weight is 381 g/mol. The van der Waals surface area contributed by atoms with Gasteiger partial charge in [0.15, 0.2) is 5.76 Å². The second kappa shape index (κ2) is 5.73. The van der Waals surface area contributed by atoms with Crippen LogP contribution in [0.4, 0.5) is 18.0 Å². The molecule has 0 bridgehead atoms. The summed E-state index contributed by atoms with van der Waals surface area (Å²) in [5.74, 6) is -1.45. The Hall–Kier alpha value is -3.04. The van der Waals surface area contributed by atoms with Gasteiger partial charge in [0.1, 0.15) is 11.1 Å². The fourth-order valence-corrected chi connectivity index (χ4v) is 3.28. The normalized spacial score (nSPS) is 22.6. The fourth-order valence-electron chi connectivity index (χ4n) is 3.28. The van der Waals surface area contributed by atoms with Gasteiger partial charge in [0.25, 0.3) is 11.8 Å². The first kappa shape index (κ1) is 17.4. The highest BCUT2D eigenvalue weighted by atomic mass is 19.4. The zero-order valence-electron chi connectivity index (χ0n) is 13.8. The number of amides is 4. The van der Waals surface area contributed by atoms with Crippen LogP contribution in [0.15, 0.2) is 28.7 Å². The lowest BCUT2D eigenvalue weighted by molar-refractivity contribution is -0.137. The Labute approximate surface area is 150 Å². The molecular formula is C17H14F3N3O4. The Kier molecular flexibility index (Phi) is 3.69. The van der Waals surface area contributed by atoms with Crippen LogP contribution in [0, 0.1) is 5.92 Å². The average Bonchev–Trinajstić information content (AvgIpc) is 3.28. The highest BCUT2D eigenvalue weighted by molar-refractivity contribution is 6.08. The molecule has 1 aliphatic carbocycles. The maximum Gasteiger partial charge on any atom is 0.416 e. The van der Waals surface area contributed by atoms with Crippen molar-refractivity contribution in [1.29, 1.82) is 0 Å². The maximum absolute atomic E-state index is 12.8. The minimum Gasteiger partial charge on any atom is -0.451 e. The van der Waals surface area contributed by atoms with Gasteiger partial charge in [-0.1, -0.05) is 0 Å². The molecule has 4 amide bonds. The first-order valence-electron chi connectivity index (χ1n) is 8.22. The number of urea groups is 1. The van der Waals surface area contributed by atoms with Gasteiger partial charge < -0.3 is 15.1 Å². The minimum atomic E-state index is -4.50. The van der Waals surface area contributed by atoms with Crippen LogP contribution in [0.2, 0.25) is 0 Å². The number of alkyl halides is 3. The van der Waals surface area contributed by atoms with Gasteiger partial charge in [-0.25, -0.2) is 4.79 Å². The van der Waals surface area contributed by atoms with Crippen LogP contribution in [-0.2, 0) is 11.0 Å². The van der Waals surface area contributed by atoms with Gasteiger partial charge in [-0.3, -0.25) is 14.9 Å². The number of rotatable bonds is 4. The third-order valence-electron chi connectivity index (χ3n) is 4.84. The highest BCUT2D eigenvalue weighted by Gasteiger charge is 2.56. The molecule has 0 spiro atoms. The topological polar surface area (TPSA) is 100 Å². The Morgan fingerprint density at radius 1 is 1.26 bits per heavy atom. The van der Waals surface area contributed by atoms with E-state index in [0.29, 0.717) is 0 Å². The summed E-state index contributed by atoms with van der Waals surface area (Å²) in [6.45, 7) is -0.140. The minimum absolute atomic E-state index is 0.0748. The number of halogens is 3. The van der Waals surface area contributed by atoms with E-state index in [9.17, 15) is 27.6 Å². The number of carbonyl (C=O) groups excluding carboxylic acids is 3. The second-order valence-electron chi connectivity index (χ2n) is 6.70. The summed E-state index contributed by atoms with van der Waals surface area (Å²) in [6, 6.07) is 3.49. The molecule has 1 atom stereocenters. The number of hydrogen-bond acceptors (Lipinski definition) is 4. The number of hydrogen-bond donors (Lipinski definition) is 3. The molecular weight excluding hydrogens is 367 g/mol. The third kappa shape index (κ3) is 3.00. The second-order valence-corrected chi connectivity index (χ2v) is 6.70. The highest BCUT2D eigenvalue weighted by Crippen LogP contribution is 2.41. The number of imide groups is 1. The van der Waals surface area contributed by atoms with Gasteiger partial charge in [-0.15, -0.1) is 0 Å². The summed E-state index contributed by atoms with van der Waals surface area (Å²) >= 11 is 0. The van der Waals surface area contributed by atoms with Crippen molar-refractivity contribution >= 4 is 28.8 Å². The summed E-state index contributed by atoms with van der Waals surface area (Å²) in [5.41, 5.74) is -1.92. The molecule has 0 unspecified atom stereocenters. The van der Waals surface area contributed by atoms with Crippen LogP contribution in [0.1, 0.15) is 29.0 Å². The molecule has 1 saturated heterocycles. The first-order valence-corrected chi connectivity index (χ1v) is 8.22. The van der Waals surface area contributed by atoms with Gasteiger partial charge in [0.2, 0.25) is 0 Å². The Bertz CT molecular complexity index is 964. The Morgan fingerprint density at radius 3 is 2.59 bits per heavy atom. The largest absolute Gasteiger partial charge is 0.451 e. The van der Waals surface area contributed by atoms with Crippen molar-refractivity contribution in [1.82, 2.24) is 16.0 Å². The standard InChI is InChI=1S/C17H14F3N3O4/c18-17(19,20)10-3-4-11-8(5-10)6-12(27-11)13(24)21-7-16(9-1-2-9)14(25)22-15(26)23-16/h3-6,9H,1-2,7H2,(H,21,24)(H2,22,23,25,26)/t16-/m1/s1. The van der Waals surface area contributed by atoms with E-state index in [1.165, 1.54) is 6.07 Å². The molecule has 2 fully saturated rings. The van der Waals surface area contributed by atoms with Gasteiger partial charge in [-0.2, -0.15) is 13.2 Å². The summed E-state index contributed by atoms with van der Waals surface area (Å²) in [7, 11) is 0. The predicted molar refractivity (Wildman–Crippen MR) is 85.7 cm³/mol. The van der Waals surface area contributed by atoms with Crippen molar-refractivity contribution < 1.29 is 32.0 Å². The van der Waals surface area contributed by atoms with Crippen molar-refractivity contribution in [2.75, 3.05) is 6.54 Å². The molecule has 2 heterocycles. The molecule has 1 aromatic carbocycles. The smallest absolute Gasteiger partial charge is 0.416 e. The Balaban J connectivity index is 1.53. The molecule has 1 saturated carbocycles. The lowest BCUT2D eigenvalue weighted by Gasteiger charge is -2.25. The van der Waals surface area contributed by atoms with E-state index in [1.54, 1.807) is 0 Å². The SMILES string of the molecule is O=C1NC(=O)[C@@](CNC(=O)c2cc3cc(C(F)(F)F)ccc3o2)(C2CC2)N1. The molecule has 0 radical (unpaired) electrons. The molecule has 142 valence electrons. The third-order valence-corrected chi connectivity index (χ3v) is 4.84. The van der Waals surface area contributed by atoms with Crippen molar-refractivity contribution in [3.8, 4) is 0 Å². The number of nitrogens with one attached hydrogen (secondary N) is 3. The zero-order chi connectivity index (χ0) is 19.4. The van der Waals surface area contributed by atoms with E-state index in [0.717, 1.165) is 31.0 Å². The summed E-state index contributed by atoms with van der Waals surface area (Å²) in [6.07, 6.45) is -3.01. The maximum atomic E-state index is 12.8. The number of benzene rings is 1. The van der Waals surface area contributed by atoms with Crippen LogP contribution in [-0.4, -0.2) is 29.9 Å². The van der Waals surface area contributed by atoms with E-state index in [2.05, 4.69) is 16.0 Å². The van der Waals surface area contributed by atoms with Crippen molar-refractivity contribution in [2.45, 2.75) is 24.6 Å². The molecule has 3 N–H and O–H groups in total. The summed E-state index contributed by atoms with van der Waals surface area (Å²) in [5, 5.41) is 7.40. The van der Waals surface area contributed by atoms with Gasteiger partial charge >= 0.3 is 12.2 Å². The van der Waals surface area contributed by atoms with Crippen molar-refractivity contribution in [3.05, 3.63) is 35.6 Å².